The zero-order valence-electron chi connectivity index (χ0n) is 11.4. The van der Waals surface area contributed by atoms with Crippen molar-refractivity contribution in [3.05, 3.63) is 46.7 Å². The third-order valence-electron chi connectivity index (χ3n) is 2.88. The lowest BCUT2D eigenvalue weighted by molar-refractivity contribution is 0.0950. The van der Waals surface area contributed by atoms with Crippen LogP contribution in [0.1, 0.15) is 23.0 Å². The lowest BCUT2D eigenvalue weighted by Crippen LogP contribution is -2.23. The van der Waals surface area contributed by atoms with Crippen molar-refractivity contribution in [1.29, 1.82) is 0 Å². The molecule has 20 heavy (non-hydrogen) atoms. The largest absolute Gasteiger partial charge is 0.497 e. The van der Waals surface area contributed by atoms with Crippen LogP contribution in [0.4, 0.5) is 0 Å². The summed E-state index contributed by atoms with van der Waals surface area (Å²) in [6.07, 6.45) is 1.75. The monoisotopic (exact) mass is 293 g/mol. The van der Waals surface area contributed by atoms with E-state index in [1.807, 2.05) is 6.92 Å². The molecule has 2 aromatic rings. The van der Waals surface area contributed by atoms with Crippen molar-refractivity contribution in [3.63, 3.8) is 0 Å². The molecule has 0 saturated carbocycles. The molecule has 106 valence electrons. The molecular weight excluding hydrogens is 278 g/mol. The zero-order chi connectivity index (χ0) is 14.5. The first-order valence-corrected chi connectivity index (χ1v) is 6.66. The Morgan fingerprint density at radius 1 is 1.40 bits per heavy atom. The quantitative estimate of drug-likeness (QED) is 0.921. The molecule has 0 aliphatic rings. The van der Waals surface area contributed by atoms with Crippen LogP contribution < -0.4 is 10.1 Å². The number of ether oxygens (including phenoxy) is 1. The predicted octanol–water partition coefficient (Wildman–Crippen LogP) is 2.50. The van der Waals surface area contributed by atoms with Crippen molar-refractivity contribution in [2.24, 2.45) is 0 Å². The molecule has 1 aromatic heterocycles. The van der Waals surface area contributed by atoms with Gasteiger partial charge < -0.3 is 10.1 Å². The van der Waals surface area contributed by atoms with Gasteiger partial charge in [-0.2, -0.15) is 5.10 Å². The van der Waals surface area contributed by atoms with Gasteiger partial charge in [-0.1, -0.05) is 11.6 Å². The van der Waals surface area contributed by atoms with Crippen molar-refractivity contribution in [1.82, 2.24) is 15.1 Å². The highest BCUT2D eigenvalue weighted by Crippen LogP contribution is 2.14. The number of rotatable bonds is 5. The number of carbonyl (C=O) groups excluding carboxylic acids is 1. The van der Waals surface area contributed by atoms with Crippen LogP contribution in [-0.2, 0) is 13.1 Å². The van der Waals surface area contributed by atoms with Crippen LogP contribution in [0, 0.1) is 0 Å². The van der Waals surface area contributed by atoms with Crippen LogP contribution in [0.25, 0.3) is 0 Å². The van der Waals surface area contributed by atoms with Crippen LogP contribution in [0.15, 0.2) is 30.5 Å². The maximum absolute atomic E-state index is 12.0. The summed E-state index contributed by atoms with van der Waals surface area (Å²) in [6.45, 7) is 3.02. The second-order valence-corrected chi connectivity index (χ2v) is 4.60. The van der Waals surface area contributed by atoms with Gasteiger partial charge in [0, 0.05) is 18.3 Å². The van der Waals surface area contributed by atoms with E-state index in [9.17, 15) is 4.79 Å². The van der Waals surface area contributed by atoms with Gasteiger partial charge in [0.1, 0.15) is 11.4 Å². The average molecular weight is 294 g/mol. The summed E-state index contributed by atoms with van der Waals surface area (Å²) in [5, 5.41) is 7.62. The Balaban J connectivity index is 1.98. The molecule has 1 heterocycles. The molecule has 0 fully saturated rings. The first-order chi connectivity index (χ1) is 9.63. The number of carbonyl (C=O) groups is 1. The van der Waals surface area contributed by atoms with E-state index in [1.165, 1.54) is 0 Å². The van der Waals surface area contributed by atoms with E-state index >= 15 is 0 Å². The van der Waals surface area contributed by atoms with Gasteiger partial charge in [-0.15, -0.1) is 0 Å². The summed E-state index contributed by atoms with van der Waals surface area (Å²) in [5.41, 5.74) is 1.23. The van der Waals surface area contributed by atoms with E-state index in [4.69, 9.17) is 16.3 Å². The number of methoxy groups -OCH3 is 1. The molecule has 0 aliphatic heterocycles. The molecule has 0 radical (unpaired) electrons. The summed E-state index contributed by atoms with van der Waals surface area (Å²) < 4.78 is 6.78. The predicted molar refractivity (Wildman–Crippen MR) is 77.1 cm³/mol. The third-order valence-corrected chi connectivity index (χ3v) is 3.20. The highest BCUT2D eigenvalue weighted by Gasteiger charge is 2.09. The first kappa shape index (κ1) is 14.4. The van der Waals surface area contributed by atoms with Crippen molar-refractivity contribution in [3.8, 4) is 5.75 Å². The van der Waals surface area contributed by atoms with Crippen LogP contribution >= 0.6 is 11.6 Å². The van der Waals surface area contributed by atoms with E-state index in [0.29, 0.717) is 28.6 Å². The summed E-state index contributed by atoms with van der Waals surface area (Å²) in [5.74, 6) is 0.543. The fourth-order valence-corrected chi connectivity index (χ4v) is 1.94. The molecule has 0 aliphatic carbocycles. The SMILES string of the molecule is CCn1cc(Cl)c(CNC(=O)c2ccc(OC)cc2)n1. The van der Waals surface area contributed by atoms with Crippen molar-refractivity contribution in [2.45, 2.75) is 20.0 Å². The lowest BCUT2D eigenvalue weighted by atomic mass is 10.2. The minimum absolute atomic E-state index is 0.172. The Bertz CT molecular complexity index is 593. The number of aryl methyl sites for hydroxylation is 1. The Kier molecular flexibility index (Phi) is 4.63. The molecule has 1 amide bonds. The highest BCUT2D eigenvalue weighted by molar-refractivity contribution is 6.31. The van der Waals surface area contributed by atoms with E-state index in [1.54, 1.807) is 42.3 Å². The number of aromatic nitrogens is 2. The Labute approximate surface area is 122 Å². The normalized spacial score (nSPS) is 10.3. The van der Waals surface area contributed by atoms with Crippen LogP contribution in [0.3, 0.4) is 0 Å². The number of nitrogens with zero attached hydrogens (tertiary/aromatic N) is 2. The maximum atomic E-state index is 12.0. The van der Waals surface area contributed by atoms with E-state index in [0.717, 1.165) is 6.54 Å². The van der Waals surface area contributed by atoms with Gasteiger partial charge in [0.05, 0.1) is 18.7 Å². The number of hydrogen-bond donors (Lipinski definition) is 1. The van der Waals surface area contributed by atoms with Gasteiger partial charge in [-0.25, -0.2) is 0 Å². The number of nitrogens with one attached hydrogen (secondary N) is 1. The Hall–Kier alpha value is -2.01. The minimum atomic E-state index is -0.172. The van der Waals surface area contributed by atoms with E-state index in [-0.39, 0.29) is 5.91 Å². The van der Waals surface area contributed by atoms with Crippen molar-refractivity contribution < 1.29 is 9.53 Å². The lowest BCUT2D eigenvalue weighted by Gasteiger charge is -2.05. The van der Waals surface area contributed by atoms with Gasteiger partial charge in [-0.3, -0.25) is 9.48 Å². The standard InChI is InChI=1S/C14H16ClN3O2/c1-3-18-9-12(15)13(17-18)8-16-14(19)10-4-6-11(20-2)7-5-10/h4-7,9H,3,8H2,1-2H3,(H,16,19). The molecule has 5 nitrogen and oxygen atoms in total. The molecule has 0 spiro atoms. The Morgan fingerprint density at radius 3 is 2.65 bits per heavy atom. The van der Waals surface area contributed by atoms with Crippen LogP contribution in [-0.4, -0.2) is 22.8 Å². The van der Waals surface area contributed by atoms with E-state index in [2.05, 4.69) is 10.4 Å². The number of hydrogen-bond acceptors (Lipinski definition) is 3. The summed E-state index contributed by atoms with van der Waals surface area (Å²) >= 11 is 6.04. The van der Waals surface area contributed by atoms with Crippen molar-refractivity contribution in [2.75, 3.05) is 7.11 Å². The average Bonchev–Trinajstić information content (AvgIpc) is 2.85. The van der Waals surface area contributed by atoms with Gasteiger partial charge in [0.2, 0.25) is 0 Å². The summed E-state index contributed by atoms with van der Waals surface area (Å²) in [6, 6.07) is 6.90. The number of benzene rings is 1. The second-order valence-electron chi connectivity index (χ2n) is 4.19. The molecule has 2 rings (SSSR count). The van der Waals surface area contributed by atoms with E-state index < -0.39 is 0 Å². The van der Waals surface area contributed by atoms with Gasteiger partial charge in [0.15, 0.2) is 0 Å². The first-order valence-electron chi connectivity index (χ1n) is 6.28. The van der Waals surface area contributed by atoms with Gasteiger partial charge in [-0.05, 0) is 31.2 Å². The van der Waals surface area contributed by atoms with Crippen LogP contribution in [0.2, 0.25) is 5.02 Å². The molecular formula is C14H16ClN3O2. The topological polar surface area (TPSA) is 56.2 Å². The minimum Gasteiger partial charge on any atom is -0.497 e. The smallest absolute Gasteiger partial charge is 0.251 e. The molecule has 0 saturated heterocycles. The third kappa shape index (κ3) is 3.30. The highest BCUT2D eigenvalue weighted by atomic mass is 35.5. The summed E-state index contributed by atoms with van der Waals surface area (Å²) in [7, 11) is 1.58. The zero-order valence-corrected chi connectivity index (χ0v) is 12.1. The fourth-order valence-electron chi connectivity index (χ4n) is 1.73. The van der Waals surface area contributed by atoms with Crippen LogP contribution in [0.5, 0.6) is 5.75 Å². The molecule has 1 N–H and O–H groups in total. The molecule has 1 aromatic carbocycles. The van der Waals surface area contributed by atoms with Gasteiger partial charge in [0.25, 0.3) is 5.91 Å². The molecule has 0 bridgehead atoms. The number of amides is 1. The number of halogens is 1. The molecule has 6 heteroatoms. The summed E-state index contributed by atoms with van der Waals surface area (Å²) in [4.78, 5) is 12.0. The van der Waals surface area contributed by atoms with Gasteiger partial charge >= 0.3 is 0 Å². The van der Waals surface area contributed by atoms with Crippen molar-refractivity contribution >= 4 is 17.5 Å². The molecule has 0 atom stereocenters. The fraction of sp³-hybridized carbons (Fsp3) is 0.286. The Morgan fingerprint density at radius 2 is 2.10 bits per heavy atom. The molecule has 0 unspecified atom stereocenters. The maximum Gasteiger partial charge on any atom is 0.251 e. The second kappa shape index (κ2) is 6.43.